The molecule has 0 saturated carbocycles. The summed E-state index contributed by atoms with van der Waals surface area (Å²) in [6, 6.07) is 6.46. The van der Waals surface area contributed by atoms with Crippen LogP contribution in [0.1, 0.15) is 32.2 Å². The van der Waals surface area contributed by atoms with Gasteiger partial charge in [0.2, 0.25) is 0 Å². The lowest BCUT2D eigenvalue weighted by Crippen LogP contribution is -2.47. The average molecular weight is 541 g/mol. The molecule has 0 atom stereocenters. The molecule has 2 N–H and O–H groups in total. The molecule has 0 bridgehead atoms. The van der Waals surface area contributed by atoms with Crippen LogP contribution in [-0.4, -0.2) is 48.6 Å². The lowest BCUT2D eigenvalue weighted by Gasteiger charge is -2.31. The number of halogens is 4. The van der Waals surface area contributed by atoms with E-state index in [4.69, 9.17) is 10.2 Å². The quantitative estimate of drug-likeness (QED) is 0.268. The third-order valence-electron chi connectivity index (χ3n) is 6.16. The summed E-state index contributed by atoms with van der Waals surface area (Å²) in [7, 11) is 2.92. The Hall–Kier alpha value is -5.01. The smallest absolute Gasteiger partial charge is 0.416 e. The number of nitrogens with two attached hydrogens (primary N) is 1. The topological polar surface area (TPSA) is 123 Å². The largest absolute Gasteiger partial charge is 0.441 e. The number of pyridine rings is 1. The number of hydrazine groups is 1. The summed E-state index contributed by atoms with van der Waals surface area (Å²) in [6.45, 7) is -0.578. The molecule has 39 heavy (non-hydrogen) atoms. The van der Waals surface area contributed by atoms with E-state index in [2.05, 4.69) is 15.1 Å². The Morgan fingerprint density at radius 1 is 1.10 bits per heavy atom. The molecule has 5 rings (SSSR count). The van der Waals surface area contributed by atoms with Gasteiger partial charge >= 0.3 is 12.1 Å². The Morgan fingerprint density at radius 3 is 2.54 bits per heavy atom. The van der Waals surface area contributed by atoms with Gasteiger partial charge in [0.25, 0.3) is 11.8 Å². The van der Waals surface area contributed by atoms with Crippen LogP contribution in [0.5, 0.6) is 0 Å². The first-order valence-electron chi connectivity index (χ1n) is 11.3. The van der Waals surface area contributed by atoms with Gasteiger partial charge in [-0.2, -0.15) is 18.3 Å². The van der Waals surface area contributed by atoms with Crippen LogP contribution in [0, 0.1) is 5.82 Å². The molecule has 14 heteroatoms. The van der Waals surface area contributed by atoms with Crippen molar-refractivity contribution in [2.75, 3.05) is 12.8 Å². The average Bonchev–Trinajstić information content (AvgIpc) is 3.57. The van der Waals surface area contributed by atoms with Crippen molar-refractivity contribution in [3.05, 3.63) is 83.5 Å². The molecule has 0 aliphatic carbocycles. The second kappa shape index (κ2) is 9.38. The van der Waals surface area contributed by atoms with Crippen LogP contribution >= 0.6 is 0 Å². The van der Waals surface area contributed by atoms with Crippen LogP contribution in [0.4, 0.5) is 23.4 Å². The fourth-order valence-electron chi connectivity index (χ4n) is 4.14. The van der Waals surface area contributed by atoms with Crippen molar-refractivity contribution >= 4 is 39.4 Å². The Bertz CT molecular complexity index is 1730. The van der Waals surface area contributed by atoms with E-state index in [0.29, 0.717) is 33.9 Å². The van der Waals surface area contributed by atoms with Crippen molar-refractivity contribution in [1.82, 2.24) is 29.8 Å². The molecular formula is C25H19F4N7O3. The van der Waals surface area contributed by atoms with Crippen molar-refractivity contribution < 1.29 is 31.6 Å². The fourth-order valence-corrected chi connectivity index (χ4v) is 4.14. The Balaban J connectivity index is 1.58. The highest BCUT2D eigenvalue weighted by atomic mass is 19.4. The van der Waals surface area contributed by atoms with Gasteiger partial charge in [-0.3, -0.25) is 14.3 Å². The number of nitrogens with zero attached hydrogens (tertiary/aromatic N) is 6. The molecule has 0 fully saturated rings. The van der Waals surface area contributed by atoms with Gasteiger partial charge in [-0.15, -0.1) is 0 Å². The minimum atomic E-state index is -4.76. The standard InChI is InChI=1S/C25H19F4N7O3/c1-34-20-16-9-13(4-6-19(16)33-21(30)17(20)11-32-34)23(37)36(35(2)24(38)22-31-7-8-39-22)12-14-3-5-15(10-18(14)26)25(27,28)29/h3-11H,12H2,1-2H3,(H2,30,33). The SMILES string of the molecule is CN(C(=O)c1ncco1)N(Cc1ccc(C(F)(F)F)cc1F)C(=O)c1ccc2nc(N)c3cnn(C)c3c2c1. The minimum Gasteiger partial charge on any atom is -0.441 e. The Labute approximate surface area is 217 Å². The molecule has 0 aliphatic heterocycles. The molecule has 200 valence electrons. The number of carbonyl (C=O) groups excluding carboxylic acids is 2. The summed E-state index contributed by atoms with van der Waals surface area (Å²) < 4.78 is 60.5. The van der Waals surface area contributed by atoms with Gasteiger partial charge in [0.15, 0.2) is 0 Å². The molecule has 0 aliphatic rings. The van der Waals surface area contributed by atoms with Gasteiger partial charge in [0, 0.05) is 30.6 Å². The molecule has 2 aromatic carbocycles. The van der Waals surface area contributed by atoms with Gasteiger partial charge < -0.3 is 10.2 Å². The van der Waals surface area contributed by atoms with Crippen LogP contribution in [0.3, 0.4) is 0 Å². The van der Waals surface area contributed by atoms with Gasteiger partial charge in [-0.05, 0) is 30.3 Å². The van der Waals surface area contributed by atoms with E-state index in [1.54, 1.807) is 17.8 Å². The third kappa shape index (κ3) is 4.60. The van der Waals surface area contributed by atoms with E-state index in [0.717, 1.165) is 22.3 Å². The lowest BCUT2D eigenvalue weighted by atomic mass is 10.1. The first kappa shape index (κ1) is 25.6. The number of oxazole rings is 1. The van der Waals surface area contributed by atoms with Crippen LogP contribution in [0.25, 0.3) is 21.8 Å². The second-order valence-electron chi connectivity index (χ2n) is 8.59. The highest BCUT2D eigenvalue weighted by Crippen LogP contribution is 2.31. The van der Waals surface area contributed by atoms with E-state index in [9.17, 15) is 27.2 Å². The molecule has 0 unspecified atom stereocenters. The van der Waals surface area contributed by atoms with E-state index in [1.165, 1.54) is 31.6 Å². The zero-order chi connectivity index (χ0) is 28.1. The number of fused-ring (bicyclic) bond motifs is 3. The van der Waals surface area contributed by atoms with Gasteiger partial charge in [-0.25, -0.2) is 24.4 Å². The normalized spacial score (nSPS) is 11.7. The highest BCUT2D eigenvalue weighted by Gasteiger charge is 2.33. The van der Waals surface area contributed by atoms with E-state index >= 15 is 0 Å². The number of hydrogen-bond donors (Lipinski definition) is 1. The molecule has 0 spiro atoms. The number of benzene rings is 2. The highest BCUT2D eigenvalue weighted by molar-refractivity contribution is 6.10. The summed E-state index contributed by atoms with van der Waals surface area (Å²) in [5, 5.41) is 7.03. The van der Waals surface area contributed by atoms with E-state index in [-0.39, 0.29) is 22.8 Å². The van der Waals surface area contributed by atoms with Crippen molar-refractivity contribution in [3.8, 4) is 0 Å². The van der Waals surface area contributed by atoms with Gasteiger partial charge in [-0.1, -0.05) is 6.07 Å². The van der Waals surface area contributed by atoms with Crippen LogP contribution < -0.4 is 5.73 Å². The third-order valence-corrected chi connectivity index (χ3v) is 6.16. The zero-order valence-corrected chi connectivity index (χ0v) is 20.4. The predicted octanol–water partition coefficient (Wildman–Crippen LogP) is 4.18. The number of carbonyl (C=O) groups is 2. The number of aromatic nitrogens is 4. The maximum absolute atomic E-state index is 14.8. The predicted molar refractivity (Wildman–Crippen MR) is 130 cm³/mol. The summed E-state index contributed by atoms with van der Waals surface area (Å²) in [6.07, 6.45) is -0.839. The first-order valence-corrected chi connectivity index (χ1v) is 11.3. The molecular weight excluding hydrogens is 522 g/mol. The van der Waals surface area contributed by atoms with Crippen LogP contribution in [-0.2, 0) is 19.8 Å². The van der Waals surface area contributed by atoms with Gasteiger partial charge in [0.1, 0.15) is 17.9 Å². The number of hydrogen-bond acceptors (Lipinski definition) is 7. The molecule has 0 saturated heterocycles. The summed E-state index contributed by atoms with van der Waals surface area (Å²) in [4.78, 5) is 34.9. The zero-order valence-electron chi connectivity index (χ0n) is 20.4. The van der Waals surface area contributed by atoms with Crippen molar-refractivity contribution in [2.45, 2.75) is 12.7 Å². The fraction of sp³-hybridized carbons (Fsp3) is 0.160. The van der Waals surface area contributed by atoms with Crippen molar-refractivity contribution in [3.63, 3.8) is 0 Å². The summed E-state index contributed by atoms with van der Waals surface area (Å²) >= 11 is 0. The number of rotatable bonds is 4. The minimum absolute atomic E-state index is 0.0796. The lowest BCUT2D eigenvalue weighted by molar-refractivity contribution is -0.137. The first-order chi connectivity index (χ1) is 18.5. The summed E-state index contributed by atoms with van der Waals surface area (Å²) in [5.41, 5.74) is 5.75. The molecule has 3 aromatic heterocycles. The van der Waals surface area contributed by atoms with Crippen molar-refractivity contribution in [2.24, 2.45) is 7.05 Å². The van der Waals surface area contributed by atoms with Crippen molar-refractivity contribution in [1.29, 1.82) is 0 Å². The second-order valence-corrected chi connectivity index (χ2v) is 8.59. The van der Waals surface area contributed by atoms with Crippen LogP contribution in [0.2, 0.25) is 0 Å². The summed E-state index contributed by atoms with van der Waals surface area (Å²) in [5.74, 6) is -2.90. The van der Waals surface area contributed by atoms with Gasteiger partial charge in [0.05, 0.1) is 40.9 Å². The number of anilines is 1. The molecule has 0 radical (unpaired) electrons. The number of aryl methyl sites for hydroxylation is 1. The molecule has 5 aromatic rings. The Morgan fingerprint density at radius 2 is 1.87 bits per heavy atom. The molecule has 2 amide bonds. The van der Waals surface area contributed by atoms with E-state index in [1.807, 2.05) is 0 Å². The molecule has 10 nitrogen and oxygen atoms in total. The number of alkyl halides is 3. The monoisotopic (exact) mass is 541 g/mol. The Kier molecular flexibility index (Phi) is 6.17. The number of nitrogen functional groups attached to an aromatic ring is 1. The van der Waals surface area contributed by atoms with Crippen LogP contribution in [0.15, 0.2) is 59.5 Å². The van der Waals surface area contributed by atoms with E-state index < -0.39 is 35.9 Å². The maximum Gasteiger partial charge on any atom is 0.416 e. The maximum atomic E-state index is 14.8. The number of amides is 2. The molecule has 3 heterocycles.